The van der Waals surface area contributed by atoms with Crippen molar-refractivity contribution in [2.45, 2.75) is 45.7 Å². The predicted octanol–water partition coefficient (Wildman–Crippen LogP) is 1.57. The van der Waals surface area contributed by atoms with Crippen LogP contribution in [0, 0.1) is 0 Å². The molecule has 0 aliphatic carbocycles. The summed E-state index contributed by atoms with van der Waals surface area (Å²) in [5, 5.41) is 0. The fourth-order valence-corrected chi connectivity index (χ4v) is 1.29. The smallest absolute Gasteiger partial charge is 0.0948 e. The third kappa shape index (κ3) is 3.19. The van der Waals surface area contributed by atoms with Crippen LogP contribution in [-0.4, -0.2) is 15.1 Å². The molecule has 0 unspecified atom stereocenters. The van der Waals surface area contributed by atoms with Gasteiger partial charge in [0.15, 0.2) is 0 Å². The van der Waals surface area contributed by atoms with Gasteiger partial charge in [-0.15, -0.1) is 0 Å². The van der Waals surface area contributed by atoms with Crippen LogP contribution in [0.3, 0.4) is 0 Å². The Bertz CT molecular complexity index is 257. The average Bonchev–Trinajstić information content (AvgIpc) is 2.46. The van der Waals surface area contributed by atoms with Gasteiger partial charge >= 0.3 is 0 Å². The fourth-order valence-electron chi connectivity index (χ4n) is 1.29. The Hall–Kier alpha value is -0.830. The molecule has 0 saturated carbocycles. The lowest BCUT2D eigenvalue weighted by Gasteiger charge is -2.18. The maximum atomic E-state index is 5.91. The standard InChI is InChI=1S/C10H19N3/c1-4-13-8-12-7-9(13)5-6-10(2,3)11/h7-8H,4-6,11H2,1-3H3. The zero-order valence-electron chi connectivity index (χ0n) is 8.75. The van der Waals surface area contributed by atoms with E-state index in [4.69, 9.17) is 5.73 Å². The van der Waals surface area contributed by atoms with Crippen molar-refractivity contribution < 1.29 is 0 Å². The number of nitrogens with zero attached hydrogens (tertiary/aromatic N) is 2. The summed E-state index contributed by atoms with van der Waals surface area (Å²) in [6.07, 6.45) is 5.81. The zero-order chi connectivity index (χ0) is 9.90. The minimum absolute atomic E-state index is 0.0805. The Labute approximate surface area is 80.0 Å². The number of aryl methyl sites for hydroxylation is 2. The van der Waals surface area contributed by atoms with Gasteiger partial charge in [-0.3, -0.25) is 0 Å². The third-order valence-corrected chi connectivity index (χ3v) is 2.16. The first-order valence-corrected chi connectivity index (χ1v) is 4.81. The maximum Gasteiger partial charge on any atom is 0.0948 e. The molecule has 1 heterocycles. The predicted molar refractivity (Wildman–Crippen MR) is 54.5 cm³/mol. The van der Waals surface area contributed by atoms with Crippen molar-refractivity contribution in [2.24, 2.45) is 5.73 Å². The number of aromatic nitrogens is 2. The number of imidazole rings is 1. The molecule has 2 N–H and O–H groups in total. The number of nitrogens with two attached hydrogens (primary N) is 1. The van der Waals surface area contributed by atoms with Crippen molar-refractivity contribution in [2.75, 3.05) is 0 Å². The van der Waals surface area contributed by atoms with E-state index in [1.165, 1.54) is 5.69 Å². The third-order valence-electron chi connectivity index (χ3n) is 2.16. The summed E-state index contributed by atoms with van der Waals surface area (Å²) in [5.74, 6) is 0. The molecule has 3 nitrogen and oxygen atoms in total. The van der Waals surface area contributed by atoms with E-state index in [1.54, 1.807) is 0 Å². The van der Waals surface area contributed by atoms with Gasteiger partial charge in [-0.25, -0.2) is 4.98 Å². The highest BCUT2D eigenvalue weighted by atomic mass is 15.0. The molecule has 1 aromatic rings. The Balaban J connectivity index is 2.54. The SMILES string of the molecule is CCn1cncc1CCC(C)(C)N. The zero-order valence-corrected chi connectivity index (χ0v) is 8.75. The molecule has 0 aliphatic rings. The van der Waals surface area contributed by atoms with Gasteiger partial charge in [-0.2, -0.15) is 0 Å². The van der Waals surface area contributed by atoms with Crippen LogP contribution in [0.2, 0.25) is 0 Å². The topological polar surface area (TPSA) is 43.8 Å². The summed E-state index contributed by atoms with van der Waals surface area (Å²) < 4.78 is 2.16. The van der Waals surface area contributed by atoms with Gasteiger partial charge in [0.05, 0.1) is 6.33 Å². The van der Waals surface area contributed by atoms with Gasteiger partial charge < -0.3 is 10.3 Å². The van der Waals surface area contributed by atoms with E-state index in [2.05, 4.69) is 30.3 Å². The highest BCUT2D eigenvalue weighted by Gasteiger charge is 2.11. The lowest BCUT2D eigenvalue weighted by atomic mass is 9.99. The number of hydrogen-bond acceptors (Lipinski definition) is 2. The molecule has 74 valence electrons. The van der Waals surface area contributed by atoms with Crippen LogP contribution in [0.5, 0.6) is 0 Å². The van der Waals surface area contributed by atoms with Gasteiger partial charge in [0.25, 0.3) is 0 Å². The first-order chi connectivity index (χ1) is 6.03. The minimum Gasteiger partial charge on any atom is -0.335 e. The Kier molecular flexibility index (Phi) is 3.09. The Morgan fingerprint density at radius 2 is 2.23 bits per heavy atom. The van der Waals surface area contributed by atoms with Crippen molar-refractivity contribution in [3.05, 3.63) is 18.2 Å². The summed E-state index contributed by atoms with van der Waals surface area (Å²) in [6, 6.07) is 0. The fraction of sp³-hybridized carbons (Fsp3) is 0.700. The van der Waals surface area contributed by atoms with Gasteiger partial charge in [0.2, 0.25) is 0 Å². The molecule has 1 rings (SSSR count). The molecule has 0 atom stereocenters. The van der Waals surface area contributed by atoms with E-state index in [9.17, 15) is 0 Å². The van der Waals surface area contributed by atoms with Crippen LogP contribution in [0.25, 0.3) is 0 Å². The van der Waals surface area contributed by atoms with Crippen molar-refractivity contribution in [3.8, 4) is 0 Å². The molecule has 1 aromatic heterocycles. The first-order valence-electron chi connectivity index (χ1n) is 4.81. The van der Waals surface area contributed by atoms with Crippen molar-refractivity contribution in [1.82, 2.24) is 9.55 Å². The van der Waals surface area contributed by atoms with Crippen molar-refractivity contribution in [1.29, 1.82) is 0 Å². The Morgan fingerprint density at radius 3 is 2.77 bits per heavy atom. The summed E-state index contributed by atoms with van der Waals surface area (Å²) in [6.45, 7) is 7.22. The first kappa shape index (κ1) is 10.3. The molecule has 0 saturated heterocycles. The molecule has 0 fully saturated rings. The summed E-state index contributed by atoms with van der Waals surface area (Å²) in [4.78, 5) is 4.12. The monoisotopic (exact) mass is 181 g/mol. The van der Waals surface area contributed by atoms with Crippen LogP contribution in [0.15, 0.2) is 12.5 Å². The lowest BCUT2D eigenvalue weighted by Crippen LogP contribution is -2.32. The van der Waals surface area contributed by atoms with Gasteiger partial charge in [-0.05, 0) is 33.6 Å². The second-order valence-electron chi connectivity index (χ2n) is 4.16. The summed E-state index contributed by atoms with van der Waals surface area (Å²) in [7, 11) is 0. The lowest BCUT2D eigenvalue weighted by molar-refractivity contribution is 0.469. The molecular formula is C10H19N3. The quantitative estimate of drug-likeness (QED) is 0.766. The van der Waals surface area contributed by atoms with Crippen LogP contribution < -0.4 is 5.73 Å². The highest BCUT2D eigenvalue weighted by molar-refractivity contribution is 4.99. The normalized spacial score (nSPS) is 12.0. The second-order valence-corrected chi connectivity index (χ2v) is 4.16. The van der Waals surface area contributed by atoms with Gasteiger partial charge in [-0.1, -0.05) is 0 Å². The largest absolute Gasteiger partial charge is 0.335 e. The van der Waals surface area contributed by atoms with E-state index >= 15 is 0 Å². The molecule has 0 aliphatic heterocycles. The van der Waals surface area contributed by atoms with Gasteiger partial charge in [0, 0.05) is 24.0 Å². The van der Waals surface area contributed by atoms with E-state index in [0.29, 0.717) is 0 Å². The molecule has 0 radical (unpaired) electrons. The highest BCUT2D eigenvalue weighted by Crippen LogP contribution is 2.10. The van der Waals surface area contributed by atoms with Crippen molar-refractivity contribution in [3.63, 3.8) is 0 Å². The van der Waals surface area contributed by atoms with Crippen LogP contribution >= 0.6 is 0 Å². The average molecular weight is 181 g/mol. The van der Waals surface area contributed by atoms with Crippen molar-refractivity contribution >= 4 is 0 Å². The van der Waals surface area contributed by atoms with Gasteiger partial charge in [0.1, 0.15) is 0 Å². The van der Waals surface area contributed by atoms with Crippen LogP contribution in [0.4, 0.5) is 0 Å². The maximum absolute atomic E-state index is 5.91. The molecule has 3 heteroatoms. The van der Waals surface area contributed by atoms with E-state index in [0.717, 1.165) is 19.4 Å². The second kappa shape index (κ2) is 3.92. The van der Waals surface area contributed by atoms with E-state index in [1.807, 2.05) is 12.5 Å². The molecule has 13 heavy (non-hydrogen) atoms. The molecular weight excluding hydrogens is 162 g/mol. The van der Waals surface area contributed by atoms with Crippen LogP contribution in [0.1, 0.15) is 32.9 Å². The molecule has 0 spiro atoms. The number of hydrogen-bond donors (Lipinski definition) is 1. The van der Waals surface area contributed by atoms with E-state index < -0.39 is 0 Å². The minimum atomic E-state index is -0.0805. The summed E-state index contributed by atoms with van der Waals surface area (Å²) >= 11 is 0. The summed E-state index contributed by atoms with van der Waals surface area (Å²) in [5.41, 5.74) is 7.11. The molecule has 0 aromatic carbocycles. The molecule has 0 amide bonds. The van der Waals surface area contributed by atoms with E-state index in [-0.39, 0.29) is 5.54 Å². The molecule has 0 bridgehead atoms. The number of rotatable bonds is 4. The van der Waals surface area contributed by atoms with Crippen LogP contribution in [-0.2, 0) is 13.0 Å². The Morgan fingerprint density at radius 1 is 1.54 bits per heavy atom.